The molecule has 3 rings (SSSR count). The minimum absolute atomic E-state index is 0.133. The van der Waals surface area contributed by atoms with E-state index in [4.69, 9.17) is 14.9 Å². The molecule has 0 saturated carbocycles. The number of hydrogen-bond acceptors (Lipinski definition) is 7. The summed E-state index contributed by atoms with van der Waals surface area (Å²) in [5, 5.41) is 0. The molecule has 0 atom stereocenters. The number of carbonyl (C=O) groups is 2. The Morgan fingerprint density at radius 3 is 2.49 bits per heavy atom. The summed E-state index contributed by atoms with van der Waals surface area (Å²) >= 11 is 0. The van der Waals surface area contributed by atoms with Crippen molar-refractivity contribution < 1.29 is 23.1 Å². The zero-order valence-corrected chi connectivity index (χ0v) is 19.5. The van der Waals surface area contributed by atoms with Gasteiger partial charge in [-0.25, -0.2) is 14.0 Å². The molecule has 0 saturated heterocycles. The SMILES string of the molecule is CCCCN(C(=O)COC(=O)c1ccc(-c2ccc(F)cc2)o1)c1c(N)n(CCC)c(=O)[nH]c1=O. The van der Waals surface area contributed by atoms with E-state index in [2.05, 4.69) is 4.98 Å². The van der Waals surface area contributed by atoms with Gasteiger partial charge in [0.1, 0.15) is 17.4 Å². The van der Waals surface area contributed by atoms with Crippen molar-refractivity contribution in [3.8, 4) is 11.3 Å². The van der Waals surface area contributed by atoms with Crippen molar-refractivity contribution in [3.63, 3.8) is 0 Å². The van der Waals surface area contributed by atoms with Crippen molar-refractivity contribution in [3.05, 3.63) is 68.8 Å². The average molecular weight is 487 g/mol. The van der Waals surface area contributed by atoms with E-state index in [1.54, 1.807) is 0 Å². The molecular formula is C24H27FN4O6. The lowest BCUT2D eigenvalue weighted by molar-refractivity contribution is -0.121. The molecule has 3 aromatic rings. The summed E-state index contributed by atoms with van der Waals surface area (Å²) in [5.41, 5.74) is 5.03. The Morgan fingerprint density at radius 1 is 1.11 bits per heavy atom. The normalized spacial score (nSPS) is 10.8. The number of halogens is 1. The van der Waals surface area contributed by atoms with Gasteiger partial charge in [0.15, 0.2) is 12.3 Å². The lowest BCUT2D eigenvalue weighted by Crippen LogP contribution is -2.43. The van der Waals surface area contributed by atoms with Gasteiger partial charge >= 0.3 is 11.7 Å². The number of aromatic amines is 1. The minimum atomic E-state index is -0.889. The Balaban J connectivity index is 1.78. The number of amides is 1. The van der Waals surface area contributed by atoms with Crippen LogP contribution in [0.2, 0.25) is 0 Å². The van der Waals surface area contributed by atoms with Crippen molar-refractivity contribution in [2.45, 2.75) is 39.7 Å². The molecular weight excluding hydrogens is 459 g/mol. The standard InChI is InChI=1S/C24H27FN4O6/c1-3-5-13-28(20-21(26)29(12-4-2)24(33)27-22(20)31)19(30)14-34-23(32)18-11-10-17(35-18)15-6-8-16(25)9-7-15/h6-11H,3-5,12-14,26H2,1-2H3,(H,27,31,33). The monoisotopic (exact) mass is 486 g/mol. The summed E-state index contributed by atoms with van der Waals surface area (Å²) < 4.78 is 24.9. The smallest absolute Gasteiger partial charge is 0.374 e. The molecule has 10 nitrogen and oxygen atoms in total. The van der Waals surface area contributed by atoms with Crippen LogP contribution in [0, 0.1) is 5.82 Å². The first-order valence-electron chi connectivity index (χ1n) is 11.2. The third-order valence-corrected chi connectivity index (χ3v) is 5.23. The maximum absolute atomic E-state index is 13.1. The number of anilines is 2. The Morgan fingerprint density at radius 2 is 1.83 bits per heavy atom. The van der Waals surface area contributed by atoms with Gasteiger partial charge in [-0.2, -0.15) is 0 Å². The topological polar surface area (TPSA) is 141 Å². The molecule has 0 unspecified atom stereocenters. The number of benzene rings is 1. The number of nitrogen functional groups attached to an aromatic ring is 1. The van der Waals surface area contributed by atoms with Gasteiger partial charge in [0, 0.05) is 18.7 Å². The molecule has 11 heteroatoms. The highest BCUT2D eigenvalue weighted by Crippen LogP contribution is 2.23. The second-order valence-corrected chi connectivity index (χ2v) is 7.79. The van der Waals surface area contributed by atoms with E-state index in [0.29, 0.717) is 30.6 Å². The molecule has 0 bridgehead atoms. The second kappa shape index (κ2) is 11.3. The number of nitrogens with zero attached hydrogens (tertiary/aromatic N) is 2. The number of ether oxygens (including phenoxy) is 1. The molecule has 0 spiro atoms. The van der Waals surface area contributed by atoms with Crippen LogP contribution in [0.1, 0.15) is 43.7 Å². The molecule has 186 valence electrons. The lowest BCUT2D eigenvalue weighted by atomic mass is 10.2. The van der Waals surface area contributed by atoms with Crippen LogP contribution in [0.4, 0.5) is 15.9 Å². The fourth-order valence-corrected chi connectivity index (χ4v) is 3.45. The number of hydrogen-bond donors (Lipinski definition) is 2. The summed E-state index contributed by atoms with van der Waals surface area (Å²) in [5.74, 6) is -1.94. The van der Waals surface area contributed by atoms with E-state index < -0.39 is 35.5 Å². The summed E-state index contributed by atoms with van der Waals surface area (Å²) in [6.07, 6.45) is 1.85. The van der Waals surface area contributed by atoms with Gasteiger partial charge in [0.25, 0.3) is 11.5 Å². The second-order valence-electron chi connectivity index (χ2n) is 7.79. The zero-order chi connectivity index (χ0) is 25.5. The molecule has 0 fully saturated rings. The van der Waals surface area contributed by atoms with Crippen molar-refractivity contribution >= 4 is 23.4 Å². The van der Waals surface area contributed by atoms with Gasteiger partial charge in [-0.05, 0) is 49.2 Å². The number of rotatable bonds is 10. The van der Waals surface area contributed by atoms with Gasteiger partial charge < -0.3 is 19.8 Å². The van der Waals surface area contributed by atoms with Gasteiger partial charge in [0.05, 0.1) is 0 Å². The van der Waals surface area contributed by atoms with Gasteiger partial charge in [-0.3, -0.25) is 19.1 Å². The molecule has 1 amide bonds. The van der Waals surface area contributed by atoms with Crippen molar-refractivity contribution in [1.82, 2.24) is 9.55 Å². The molecule has 0 aliphatic heterocycles. The van der Waals surface area contributed by atoms with E-state index in [0.717, 1.165) is 4.90 Å². The van der Waals surface area contributed by atoms with Crippen LogP contribution in [-0.2, 0) is 16.1 Å². The minimum Gasteiger partial charge on any atom is -0.450 e. The molecule has 1 aromatic carbocycles. The van der Waals surface area contributed by atoms with Gasteiger partial charge in [-0.1, -0.05) is 20.3 Å². The zero-order valence-electron chi connectivity index (χ0n) is 19.5. The first-order valence-corrected chi connectivity index (χ1v) is 11.2. The number of furan rings is 1. The van der Waals surface area contributed by atoms with Crippen LogP contribution < -0.4 is 21.9 Å². The summed E-state index contributed by atoms with van der Waals surface area (Å²) in [6, 6.07) is 8.42. The van der Waals surface area contributed by atoms with E-state index in [1.165, 1.54) is 41.0 Å². The summed E-state index contributed by atoms with van der Waals surface area (Å²) in [7, 11) is 0. The molecule has 35 heavy (non-hydrogen) atoms. The Hall–Kier alpha value is -4.15. The highest BCUT2D eigenvalue weighted by molar-refractivity contribution is 5.98. The molecule has 0 aliphatic carbocycles. The van der Waals surface area contributed by atoms with E-state index in [-0.39, 0.29) is 30.4 Å². The summed E-state index contributed by atoms with van der Waals surface area (Å²) in [6.45, 7) is 3.46. The fraction of sp³-hybridized carbons (Fsp3) is 0.333. The highest BCUT2D eigenvalue weighted by Gasteiger charge is 2.25. The van der Waals surface area contributed by atoms with E-state index >= 15 is 0 Å². The maximum Gasteiger partial charge on any atom is 0.374 e. The molecule has 2 heterocycles. The number of H-pyrrole nitrogens is 1. The van der Waals surface area contributed by atoms with Crippen LogP contribution in [0.5, 0.6) is 0 Å². The lowest BCUT2D eigenvalue weighted by Gasteiger charge is -2.24. The highest BCUT2D eigenvalue weighted by atomic mass is 19.1. The first kappa shape index (κ1) is 25.5. The number of esters is 1. The largest absolute Gasteiger partial charge is 0.450 e. The van der Waals surface area contributed by atoms with Crippen LogP contribution in [0.25, 0.3) is 11.3 Å². The Labute approximate surface area is 200 Å². The third-order valence-electron chi connectivity index (χ3n) is 5.23. The van der Waals surface area contributed by atoms with Crippen molar-refractivity contribution in [2.24, 2.45) is 0 Å². The molecule has 0 radical (unpaired) electrons. The number of nitrogens with two attached hydrogens (primary N) is 1. The van der Waals surface area contributed by atoms with E-state index in [9.17, 15) is 23.6 Å². The summed E-state index contributed by atoms with van der Waals surface area (Å²) in [4.78, 5) is 53.4. The van der Waals surface area contributed by atoms with Gasteiger partial charge in [0.2, 0.25) is 5.76 Å². The predicted octanol–water partition coefficient (Wildman–Crippen LogP) is 2.92. The number of unbranched alkanes of at least 4 members (excludes halogenated alkanes) is 1. The third kappa shape index (κ3) is 5.86. The number of carbonyl (C=O) groups excluding carboxylic acids is 2. The van der Waals surface area contributed by atoms with Gasteiger partial charge in [-0.15, -0.1) is 0 Å². The van der Waals surface area contributed by atoms with Crippen LogP contribution >= 0.6 is 0 Å². The Bertz CT molecular complexity index is 1310. The molecule has 2 aromatic heterocycles. The van der Waals surface area contributed by atoms with Crippen molar-refractivity contribution in [1.29, 1.82) is 0 Å². The first-order chi connectivity index (χ1) is 16.8. The fourth-order valence-electron chi connectivity index (χ4n) is 3.45. The quantitative estimate of drug-likeness (QED) is 0.420. The molecule has 3 N–H and O–H groups in total. The maximum atomic E-state index is 13.1. The number of nitrogens with one attached hydrogen (secondary N) is 1. The van der Waals surface area contributed by atoms with Crippen LogP contribution in [-0.4, -0.2) is 34.6 Å². The van der Waals surface area contributed by atoms with Crippen LogP contribution in [0.3, 0.4) is 0 Å². The van der Waals surface area contributed by atoms with Crippen LogP contribution in [0.15, 0.2) is 50.4 Å². The van der Waals surface area contributed by atoms with E-state index in [1.807, 2.05) is 13.8 Å². The Kier molecular flexibility index (Phi) is 8.24. The molecule has 0 aliphatic rings. The average Bonchev–Trinajstić information content (AvgIpc) is 3.33. The van der Waals surface area contributed by atoms with Crippen molar-refractivity contribution in [2.75, 3.05) is 23.8 Å². The number of aromatic nitrogens is 2. The predicted molar refractivity (Wildman–Crippen MR) is 128 cm³/mol.